The van der Waals surface area contributed by atoms with Crippen molar-refractivity contribution >= 4 is 29.7 Å². The highest BCUT2D eigenvalue weighted by atomic mass is 31.1. The Balaban J connectivity index is 0.000000687. The lowest BCUT2D eigenvalue weighted by Gasteiger charge is -2.22. The summed E-state index contributed by atoms with van der Waals surface area (Å²) in [6.07, 6.45) is 0. The lowest BCUT2D eigenvalue weighted by Crippen LogP contribution is -2.34. The molecule has 0 unspecified atom stereocenters. The first-order valence-corrected chi connectivity index (χ1v) is 11.5. The summed E-state index contributed by atoms with van der Waals surface area (Å²) < 4.78 is 0. The highest BCUT2D eigenvalue weighted by Gasteiger charge is 2.22. The first-order chi connectivity index (χ1) is 13.9. The first-order valence-electron chi connectivity index (χ1n) is 10.2. The van der Waals surface area contributed by atoms with E-state index >= 15 is 0 Å². The van der Waals surface area contributed by atoms with Gasteiger partial charge in [-0.1, -0.05) is 99.6 Å². The molecular weight excluding hydrogens is 373 g/mol. The van der Waals surface area contributed by atoms with Crippen LogP contribution in [-0.2, 0) is 0 Å². The number of carbonyl (C=O) groups is 1. The van der Waals surface area contributed by atoms with Gasteiger partial charge in [-0.15, -0.1) is 0 Å². The highest BCUT2D eigenvalue weighted by molar-refractivity contribution is 7.80. The number of rotatable bonds is 5. The van der Waals surface area contributed by atoms with Crippen LogP contribution in [0.15, 0.2) is 84.9 Å². The van der Waals surface area contributed by atoms with Gasteiger partial charge in [-0.25, -0.2) is 0 Å². The Bertz CT molecular complexity index is 833. The Morgan fingerprint density at radius 3 is 1.55 bits per heavy atom. The molecule has 0 heterocycles. The molecule has 1 N–H and O–H groups in total. The van der Waals surface area contributed by atoms with E-state index in [9.17, 15) is 4.79 Å². The van der Waals surface area contributed by atoms with Gasteiger partial charge in [0.25, 0.3) is 5.91 Å². The summed E-state index contributed by atoms with van der Waals surface area (Å²) in [6.45, 7) is 10.5. The molecular formula is C26H32NOP. The van der Waals surface area contributed by atoms with Crippen molar-refractivity contribution in [3.63, 3.8) is 0 Å². The summed E-state index contributed by atoms with van der Waals surface area (Å²) in [6, 6.07) is 29.0. The zero-order valence-corrected chi connectivity index (χ0v) is 19.0. The Morgan fingerprint density at radius 2 is 1.10 bits per heavy atom. The van der Waals surface area contributed by atoms with Crippen LogP contribution in [0, 0.1) is 5.92 Å². The second kappa shape index (κ2) is 11.5. The molecule has 0 aliphatic rings. The number of hydrogen-bond acceptors (Lipinski definition) is 1. The minimum atomic E-state index is -0.785. The fourth-order valence-electron chi connectivity index (χ4n) is 2.78. The van der Waals surface area contributed by atoms with Crippen LogP contribution in [0.4, 0.5) is 0 Å². The fourth-order valence-corrected chi connectivity index (χ4v) is 5.23. The van der Waals surface area contributed by atoms with E-state index in [-0.39, 0.29) is 11.9 Å². The van der Waals surface area contributed by atoms with Crippen LogP contribution in [-0.4, -0.2) is 11.9 Å². The van der Waals surface area contributed by atoms with Gasteiger partial charge in [0.15, 0.2) is 0 Å². The maximum atomic E-state index is 12.7. The maximum Gasteiger partial charge on any atom is 0.252 e. The van der Waals surface area contributed by atoms with Gasteiger partial charge >= 0.3 is 0 Å². The van der Waals surface area contributed by atoms with E-state index in [0.717, 1.165) is 16.8 Å². The van der Waals surface area contributed by atoms with E-state index in [1.54, 1.807) is 0 Å². The van der Waals surface area contributed by atoms with Gasteiger partial charge in [-0.2, -0.15) is 0 Å². The Labute approximate surface area is 177 Å². The quantitative estimate of drug-likeness (QED) is 0.578. The van der Waals surface area contributed by atoms with Crippen molar-refractivity contribution in [3.8, 4) is 0 Å². The van der Waals surface area contributed by atoms with Gasteiger partial charge in [0, 0.05) is 11.6 Å². The summed E-state index contributed by atoms with van der Waals surface area (Å²) in [7, 11) is -0.785. The second-order valence-corrected chi connectivity index (χ2v) is 10.1. The number of hydrogen-bond donors (Lipinski definition) is 1. The van der Waals surface area contributed by atoms with Gasteiger partial charge in [0.05, 0.1) is 0 Å². The normalized spacial score (nSPS) is 10.6. The van der Waals surface area contributed by atoms with E-state index in [1.165, 1.54) is 10.6 Å². The monoisotopic (exact) mass is 405 g/mol. The Kier molecular flexibility index (Phi) is 9.09. The predicted molar refractivity (Wildman–Crippen MR) is 128 cm³/mol. The van der Waals surface area contributed by atoms with Crippen molar-refractivity contribution in [2.45, 2.75) is 40.7 Å². The number of carbonyl (C=O) groups excluding carboxylic acids is 1. The molecule has 0 aromatic heterocycles. The zero-order valence-electron chi connectivity index (χ0n) is 18.1. The van der Waals surface area contributed by atoms with Crippen LogP contribution < -0.4 is 21.2 Å². The summed E-state index contributed by atoms with van der Waals surface area (Å²) in [5.74, 6) is 0.824. The van der Waals surface area contributed by atoms with E-state index in [0.29, 0.717) is 0 Å². The molecule has 0 aliphatic carbocycles. The van der Waals surface area contributed by atoms with E-state index in [2.05, 4.69) is 80.7 Å². The maximum absolute atomic E-state index is 12.7. The minimum Gasteiger partial charge on any atom is -0.350 e. The molecule has 0 radical (unpaired) electrons. The lowest BCUT2D eigenvalue weighted by molar-refractivity contribution is 0.0944. The topological polar surface area (TPSA) is 29.1 Å². The smallest absolute Gasteiger partial charge is 0.252 e. The van der Waals surface area contributed by atoms with Gasteiger partial charge in [-0.05, 0) is 49.7 Å². The molecule has 0 saturated heterocycles. The molecule has 0 saturated carbocycles. The molecule has 0 atom stereocenters. The molecule has 0 bridgehead atoms. The van der Waals surface area contributed by atoms with Crippen molar-refractivity contribution in [1.29, 1.82) is 0 Å². The third kappa shape index (κ3) is 7.15. The van der Waals surface area contributed by atoms with Crippen LogP contribution in [0.1, 0.15) is 45.0 Å². The van der Waals surface area contributed by atoms with Crippen LogP contribution >= 0.6 is 7.92 Å². The minimum absolute atomic E-state index is 0.00929. The SMILES string of the molecule is CC(C)C.CC(C)NC(=O)c1ccccc1P(c1ccccc1)c1ccccc1. The molecule has 3 heteroatoms. The molecule has 0 spiro atoms. The Morgan fingerprint density at radius 1 is 0.690 bits per heavy atom. The molecule has 2 nitrogen and oxygen atoms in total. The average Bonchev–Trinajstić information content (AvgIpc) is 2.69. The van der Waals surface area contributed by atoms with Gasteiger partial charge in [0.1, 0.15) is 0 Å². The van der Waals surface area contributed by atoms with Crippen LogP contribution in [0.3, 0.4) is 0 Å². The first kappa shape index (κ1) is 22.8. The van der Waals surface area contributed by atoms with Crippen molar-refractivity contribution in [2.75, 3.05) is 0 Å². The number of benzene rings is 3. The Hall–Kier alpha value is -2.44. The standard InChI is InChI=1S/C22H22NOP.C4H10/c1-17(2)23-22(24)20-15-9-10-16-21(20)25(18-11-5-3-6-12-18)19-13-7-4-8-14-19;1-4(2)3/h3-17H,1-2H3,(H,23,24);4H,1-3H3. The summed E-state index contributed by atoms with van der Waals surface area (Å²) in [4.78, 5) is 12.7. The molecule has 3 aromatic carbocycles. The van der Waals surface area contributed by atoms with Crippen LogP contribution in [0.25, 0.3) is 0 Å². The van der Waals surface area contributed by atoms with Gasteiger partial charge in [-0.3, -0.25) is 4.79 Å². The fraction of sp³-hybridized carbons (Fsp3) is 0.269. The summed E-state index contributed by atoms with van der Waals surface area (Å²) in [5.41, 5.74) is 0.759. The van der Waals surface area contributed by atoms with Crippen molar-refractivity contribution < 1.29 is 4.79 Å². The third-order valence-corrected chi connectivity index (χ3v) is 6.34. The van der Waals surface area contributed by atoms with Crippen LogP contribution in [0.2, 0.25) is 0 Å². The molecule has 1 amide bonds. The van der Waals surface area contributed by atoms with Crippen molar-refractivity contribution in [2.24, 2.45) is 5.92 Å². The van der Waals surface area contributed by atoms with E-state index < -0.39 is 7.92 Å². The second-order valence-electron chi connectivity index (χ2n) is 7.88. The molecule has 29 heavy (non-hydrogen) atoms. The van der Waals surface area contributed by atoms with E-state index in [4.69, 9.17) is 0 Å². The van der Waals surface area contributed by atoms with Crippen LogP contribution in [0.5, 0.6) is 0 Å². The molecule has 152 valence electrons. The third-order valence-electron chi connectivity index (χ3n) is 3.84. The van der Waals surface area contributed by atoms with Gasteiger partial charge < -0.3 is 5.32 Å². The lowest BCUT2D eigenvalue weighted by atomic mass is 10.2. The number of nitrogens with one attached hydrogen (secondary N) is 1. The van der Waals surface area contributed by atoms with Gasteiger partial charge in [0.2, 0.25) is 0 Å². The molecule has 3 rings (SSSR count). The van der Waals surface area contributed by atoms with E-state index in [1.807, 2.05) is 44.2 Å². The molecule has 0 fully saturated rings. The summed E-state index contributed by atoms with van der Waals surface area (Å²) >= 11 is 0. The predicted octanol–water partition coefficient (Wildman–Crippen LogP) is 5.25. The molecule has 0 aliphatic heterocycles. The largest absolute Gasteiger partial charge is 0.350 e. The van der Waals surface area contributed by atoms with Crippen molar-refractivity contribution in [3.05, 3.63) is 90.5 Å². The summed E-state index contributed by atoms with van der Waals surface area (Å²) in [5, 5.41) is 6.61. The zero-order chi connectivity index (χ0) is 21.2. The highest BCUT2D eigenvalue weighted by Crippen LogP contribution is 2.33. The average molecular weight is 406 g/mol. The molecule has 3 aromatic rings. The van der Waals surface area contributed by atoms with Crippen molar-refractivity contribution in [1.82, 2.24) is 5.32 Å². The number of amides is 1.